The van der Waals surface area contributed by atoms with Gasteiger partial charge in [0.1, 0.15) is 0 Å². The number of carbonyl (C=O) groups excluding carboxylic acids is 2. The first-order valence-electron chi connectivity index (χ1n) is 8.77. The average molecular weight is 368 g/mol. The predicted octanol–water partition coefficient (Wildman–Crippen LogP) is 2.84. The van der Waals surface area contributed by atoms with Gasteiger partial charge < -0.3 is 15.5 Å². The van der Waals surface area contributed by atoms with E-state index in [1.165, 1.54) is 17.7 Å². The molecule has 6 heteroatoms. The third kappa shape index (κ3) is 7.04. The van der Waals surface area contributed by atoms with Crippen molar-refractivity contribution in [1.82, 2.24) is 10.2 Å². The number of anilines is 1. The Balaban J connectivity index is 0.00000312. The number of hydrogen-bond donors (Lipinski definition) is 2. The molecule has 2 atom stereocenters. The Morgan fingerprint density at radius 1 is 1.32 bits per heavy atom. The molecular weight excluding hydrogens is 338 g/mol. The number of nitrogens with one attached hydrogen (secondary N) is 2. The summed E-state index contributed by atoms with van der Waals surface area (Å²) in [6.45, 7) is 6.29. The summed E-state index contributed by atoms with van der Waals surface area (Å²) in [7, 11) is 1.70. The fraction of sp³-hybridized carbons (Fsp3) is 0.579. The van der Waals surface area contributed by atoms with Gasteiger partial charge in [0.05, 0.1) is 6.54 Å². The molecule has 0 bridgehead atoms. The van der Waals surface area contributed by atoms with E-state index in [1.54, 1.807) is 7.05 Å². The maximum atomic E-state index is 12.4. The van der Waals surface area contributed by atoms with Crippen molar-refractivity contribution in [2.45, 2.75) is 33.1 Å². The van der Waals surface area contributed by atoms with E-state index >= 15 is 0 Å². The van der Waals surface area contributed by atoms with Crippen LogP contribution in [0.25, 0.3) is 0 Å². The average Bonchev–Trinajstić information content (AvgIpc) is 2.57. The van der Waals surface area contributed by atoms with E-state index in [2.05, 4.69) is 17.6 Å². The first kappa shape index (κ1) is 21.5. The summed E-state index contributed by atoms with van der Waals surface area (Å²) in [5.41, 5.74) is 1.90. The molecule has 1 aromatic rings. The molecule has 25 heavy (non-hydrogen) atoms. The number of hydrogen-bond acceptors (Lipinski definition) is 3. The normalized spacial score (nSPS) is 18.0. The Morgan fingerprint density at radius 3 is 2.60 bits per heavy atom. The Morgan fingerprint density at radius 2 is 2.00 bits per heavy atom. The largest absolute Gasteiger partial charge is 0.336 e. The molecule has 2 amide bonds. The highest BCUT2D eigenvalue weighted by atomic mass is 35.5. The Bertz CT molecular complexity index is 556. The number of benzene rings is 1. The van der Waals surface area contributed by atoms with Crippen molar-refractivity contribution in [3.8, 4) is 0 Å². The highest BCUT2D eigenvalue weighted by Crippen LogP contribution is 2.23. The molecule has 1 aliphatic heterocycles. The third-order valence-electron chi connectivity index (χ3n) is 4.78. The van der Waals surface area contributed by atoms with Crippen LogP contribution in [0.2, 0.25) is 0 Å². The number of rotatable bonds is 6. The molecule has 1 fully saturated rings. The lowest BCUT2D eigenvalue weighted by atomic mass is 9.85. The van der Waals surface area contributed by atoms with Crippen LogP contribution in [-0.4, -0.2) is 43.4 Å². The Hall–Kier alpha value is -1.59. The van der Waals surface area contributed by atoms with E-state index in [0.29, 0.717) is 18.3 Å². The third-order valence-corrected chi connectivity index (χ3v) is 4.78. The zero-order valence-electron chi connectivity index (χ0n) is 15.4. The molecule has 1 aromatic carbocycles. The van der Waals surface area contributed by atoms with Gasteiger partial charge >= 0.3 is 0 Å². The van der Waals surface area contributed by atoms with Crippen LogP contribution in [0.5, 0.6) is 0 Å². The van der Waals surface area contributed by atoms with Gasteiger partial charge in [-0.2, -0.15) is 0 Å². The van der Waals surface area contributed by atoms with Crippen LogP contribution in [-0.2, 0) is 9.59 Å². The molecule has 2 N–H and O–H groups in total. The second-order valence-electron chi connectivity index (χ2n) is 6.95. The van der Waals surface area contributed by atoms with Crippen molar-refractivity contribution in [2.24, 2.45) is 11.8 Å². The highest BCUT2D eigenvalue weighted by molar-refractivity contribution is 5.94. The minimum Gasteiger partial charge on any atom is -0.336 e. The van der Waals surface area contributed by atoms with Gasteiger partial charge in [-0.15, -0.1) is 12.4 Å². The number of aryl methyl sites for hydroxylation is 1. The van der Waals surface area contributed by atoms with E-state index in [4.69, 9.17) is 0 Å². The molecular formula is C19H30ClN3O2. The lowest BCUT2D eigenvalue weighted by molar-refractivity contribution is -0.134. The monoisotopic (exact) mass is 367 g/mol. The molecule has 0 saturated carbocycles. The van der Waals surface area contributed by atoms with Gasteiger partial charge in [0.2, 0.25) is 11.8 Å². The van der Waals surface area contributed by atoms with Gasteiger partial charge in [-0.3, -0.25) is 9.59 Å². The van der Waals surface area contributed by atoms with Crippen molar-refractivity contribution >= 4 is 29.9 Å². The first-order chi connectivity index (χ1) is 11.5. The van der Waals surface area contributed by atoms with E-state index in [0.717, 1.165) is 24.3 Å². The van der Waals surface area contributed by atoms with Crippen molar-refractivity contribution < 1.29 is 9.59 Å². The van der Waals surface area contributed by atoms with Crippen LogP contribution in [0.4, 0.5) is 5.69 Å². The molecule has 0 spiro atoms. The second-order valence-corrected chi connectivity index (χ2v) is 6.95. The van der Waals surface area contributed by atoms with Crippen LogP contribution >= 0.6 is 12.4 Å². The topological polar surface area (TPSA) is 61.4 Å². The summed E-state index contributed by atoms with van der Waals surface area (Å²) in [6.07, 6.45) is 2.86. The Kier molecular flexibility index (Phi) is 8.93. The van der Waals surface area contributed by atoms with Crippen LogP contribution < -0.4 is 10.6 Å². The fourth-order valence-electron chi connectivity index (χ4n) is 3.10. The SMILES string of the molecule is Cc1ccc(NC(=O)CN(C)C(=O)CC(C)C2CCCNC2)cc1.Cl. The van der Waals surface area contributed by atoms with E-state index < -0.39 is 0 Å². The van der Waals surface area contributed by atoms with Gasteiger partial charge in [0, 0.05) is 19.2 Å². The predicted molar refractivity (Wildman–Crippen MR) is 104 cm³/mol. The zero-order chi connectivity index (χ0) is 17.5. The van der Waals surface area contributed by atoms with E-state index in [-0.39, 0.29) is 30.8 Å². The van der Waals surface area contributed by atoms with Gasteiger partial charge in [-0.1, -0.05) is 24.6 Å². The van der Waals surface area contributed by atoms with E-state index in [1.807, 2.05) is 31.2 Å². The number of likely N-dealkylation sites (N-methyl/N-ethyl adjacent to an activating group) is 1. The molecule has 2 rings (SSSR count). The number of piperidine rings is 1. The second kappa shape index (κ2) is 10.4. The first-order valence-corrected chi connectivity index (χ1v) is 8.77. The maximum absolute atomic E-state index is 12.4. The molecule has 0 aliphatic carbocycles. The van der Waals surface area contributed by atoms with Crippen LogP contribution in [0.15, 0.2) is 24.3 Å². The molecule has 1 aliphatic rings. The zero-order valence-corrected chi connectivity index (χ0v) is 16.2. The standard InChI is InChI=1S/C19H29N3O2.ClH/c1-14-6-8-17(9-7-14)21-18(23)13-22(3)19(24)11-15(2)16-5-4-10-20-12-16;/h6-9,15-16,20H,4-5,10-13H2,1-3H3,(H,21,23);1H. The van der Waals surface area contributed by atoms with Crippen LogP contribution in [0.3, 0.4) is 0 Å². The van der Waals surface area contributed by atoms with Gasteiger partial charge in [0.25, 0.3) is 0 Å². The molecule has 2 unspecified atom stereocenters. The fourth-order valence-corrected chi connectivity index (χ4v) is 3.10. The summed E-state index contributed by atoms with van der Waals surface area (Å²) in [4.78, 5) is 26.0. The number of carbonyl (C=O) groups is 2. The molecule has 5 nitrogen and oxygen atoms in total. The van der Waals surface area contributed by atoms with E-state index in [9.17, 15) is 9.59 Å². The van der Waals surface area contributed by atoms with Crippen molar-refractivity contribution in [1.29, 1.82) is 0 Å². The molecule has 1 saturated heterocycles. The summed E-state index contributed by atoms with van der Waals surface area (Å²) in [6, 6.07) is 7.63. The minimum absolute atomic E-state index is 0. The van der Waals surface area contributed by atoms with Gasteiger partial charge in [0.15, 0.2) is 0 Å². The summed E-state index contributed by atoms with van der Waals surface area (Å²) in [5.74, 6) is 0.763. The number of amides is 2. The minimum atomic E-state index is -0.165. The van der Waals surface area contributed by atoms with Gasteiger partial charge in [-0.25, -0.2) is 0 Å². The molecule has 140 valence electrons. The molecule has 0 aromatic heterocycles. The maximum Gasteiger partial charge on any atom is 0.243 e. The number of halogens is 1. The molecule has 0 radical (unpaired) electrons. The molecule has 1 heterocycles. The smallest absolute Gasteiger partial charge is 0.243 e. The lowest BCUT2D eigenvalue weighted by Crippen LogP contribution is -2.38. The summed E-state index contributed by atoms with van der Waals surface area (Å²) >= 11 is 0. The van der Waals surface area contributed by atoms with Crippen LogP contribution in [0.1, 0.15) is 31.7 Å². The summed E-state index contributed by atoms with van der Waals surface area (Å²) < 4.78 is 0. The summed E-state index contributed by atoms with van der Waals surface area (Å²) in [5, 5.41) is 6.22. The van der Waals surface area contributed by atoms with Crippen molar-refractivity contribution in [3.05, 3.63) is 29.8 Å². The highest BCUT2D eigenvalue weighted by Gasteiger charge is 2.23. The van der Waals surface area contributed by atoms with Crippen molar-refractivity contribution in [2.75, 3.05) is 32.0 Å². The lowest BCUT2D eigenvalue weighted by Gasteiger charge is -2.29. The van der Waals surface area contributed by atoms with Crippen molar-refractivity contribution in [3.63, 3.8) is 0 Å². The quantitative estimate of drug-likeness (QED) is 0.812. The van der Waals surface area contributed by atoms with Crippen LogP contribution in [0, 0.1) is 18.8 Å². The number of nitrogens with zero attached hydrogens (tertiary/aromatic N) is 1. The van der Waals surface area contributed by atoms with Gasteiger partial charge in [-0.05, 0) is 56.8 Å². The Labute approximate surface area is 157 Å².